The number of nitrogens with zero attached hydrogens (tertiary/aromatic N) is 1. The number of carbonyl (C=O) groups excluding carboxylic acids is 1. The number of hydrogen-bond donors (Lipinski definition) is 2. The molecule has 1 unspecified atom stereocenters. The second-order valence-corrected chi connectivity index (χ2v) is 6.34. The minimum atomic E-state index is -0.930. The Morgan fingerprint density at radius 3 is 2.52 bits per heavy atom. The van der Waals surface area contributed by atoms with Crippen LogP contribution in [0.4, 0.5) is 0 Å². The molecule has 1 fully saturated rings. The molecule has 2 heterocycles. The second kappa shape index (κ2) is 5.22. The molecule has 2 aromatic rings. The van der Waals surface area contributed by atoms with E-state index in [0.717, 1.165) is 5.39 Å². The van der Waals surface area contributed by atoms with Crippen molar-refractivity contribution in [2.24, 2.45) is 5.41 Å². The highest BCUT2D eigenvalue weighted by atomic mass is 16.4. The summed E-state index contributed by atoms with van der Waals surface area (Å²) in [7, 11) is 0. The number of likely N-dealkylation sites (tertiary alicyclic amines) is 1. The van der Waals surface area contributed by atoms with Crippen LogP contribution in [0.2, 0.25) is 0 Å². The van der Waals surface area contributed by atoms with Gasteiger partial charge in [-0.15, -0.1) is 0 Å². The van der Waals surface area contributed by atoms with Crippen molar-refractivity contribution in [2.75, 3.05) is 13.1 Å². The van der Waals surface area contributed by atoms with Gasteiger partial charge in [-0.2, -0.15) is 0 Å². The molecule has 0 saturated carbocycles. The molecule has 0 bridgehead atoms. The number of carboxylic acid groups (broad SMARTS) is 1. The average molecular weight is 314 g/mol. The smallest absolute Gasteiger partial charge is 0.311 e. The molecule has 23 heavy (non-hydrogen) atoms. The quantitative estimate of drug-likeness (QED) is 0.884. The van der Waals surface area contributed by atoms with E-state index in [-0.39, 0.29) is 23.7 Å². The number of hydrogen-bond acceptors (Lipinski definition) is 3. The zero-order valence-corrected chi connectivity index (χ0v) is 13.0. The number of aryl methyl sites for hydroxylation is 1. The van der Waals surface area contributed by atoms with Gasteiger partial charge in [0.25, 0.3) is 11.5 Å². The van der Waals surface area contributed by atoms with Gasteiger partial charge in [0.05, 0.1) is 5.41 Å². The highest BCUT2D eigenvalue weighted by Crippen LogP contribution is 2.31. The van der Waals surface area contributed by atoms with Crippen LogP contribution in [0.3, 0.4) is 0 Å². The van der Waals surface area contributed by atoms with E-state index in [9.17, 15) is 19.5 Å². The summed E-state index contributed by atoms with van der Waals surface area (Å²) in [5, 5.41) is 10.6. The fourth-order valence-corrected chi connectivity index (χ4v) is 3.10. The largest absolute Gasteiger partial charge is 0.481 e. The third kappa shape index (κ3) is 2.40. The molecule has 2 N–H and O–H groups in total. The molecular formula is C17H18N2O4. The van der Waals surface area contributed by atoms with Crippen LogP contribution in [-0.2, 0) is 4.79 Å². The van der Waals surface area contributed by atoms with Crippen molar-refractivity contribution >= 4 is 22.6 Å². The first-order valence-electron chi connectivity index (χ1n) is 7.48. The molecule has 1 aromatic carbocycles. The first-order valence-corrected chi connectivity index (χ1v) is 7.48. The highest BCUT2D eigenvalue weighted by Gasteiger charge is 2.42. The van der Waals surface area contributed by atoms with Crippen LogP contribution in [-0.4, -0.2) is 40.0 Å². The highest BCUT2D eigenvalue weighted by molar-refractivity contribution is 5.99. The lowest BCUT2D eigenvalue weighted by Crippen LogP contribution is -2.36. The van der Waals surface area contributed by atoms with E-state index in [2.05, 4.69) is 4.98 Å². The lowest BCUT2D eigenvalue weighted by atomic mass is 9.90. The van der Waals surface area contributed by atoms with Gasteiger partial charge in [-0.1, -0.05) is 18.2 Å². The Kier molecular flexibility index (Phi) is 3.47. The molecular weight excluding hydrogens is 296 g/mol. The van der Waals surface area contributed by atoms with Gasteiger partial charge in [0.1, 0.15) is 5.69 Å². The third-order valence-corrected chi connectivity index (χ3v) is 4.68. The summed E-state index contributed by atoms with van der Waals surface area (Å²) in [6.45, 7) is 3.95. The fourth-order valence-electron chi connectivity index (χ4n) is 3.10. The summed E-state index contributed by atoms with van der Waals surface area (Å²) in [6.07, 6.45) is 0.408. The predicted octanol–water partition coefficient (Wildman–Crippen LogP) is 1.77. The molecule has 0 aliphatic carbocycles. The van der Waals surface area contributed by atoms with E-state index in [4.69, 9.17) is 0 Å². The zero-order chi connectivity index (χ0) is 16.8. The van der Waals surface area contributed by atoms with Crippen LogP contribution in [0, 0.1) is 12.3 Å². The number of carbonyl (C=O) groups is 2. The third-order valence-electron chi connectivity index (χ3n) is 4.68. The van der Waals surface area contributed by atoms with Gasteiger partial charge in [-0.3, -0.25) is 14.4 Å². The summed E-state index contributed by atoms with van der Waals surface area (Å²) < 4.78 is 0. The van der Waals surface area contributed by atoms with Crippen LogP contribution in [0.1, 0.15) is 29.4 Å². The molecule has 6 heteroatoms. The van der Waals surface area contributed by atoms with E-state index >= 15 is 0 Å². The maximum absolute atomic E-state index is 12.7. The first-order chi connectivity index (χ1) is 10.8. The summed E-state index contributed by atoms with van der Waals surface area (Å²) in [5.41, 5.74) is -0.298. The molecule has 1 aromatic heterocycles. The van der Waals surface area contributed by atoms with Crippen molar-refractivity contribution in [2.45, 2.75) is 20.3 Å². The Labute approximate surface area is 132 Å². The van der Waals surface area contributed by atoms with Gasteiger partial charge in [0, 0.05) is 18.5 Å². The van der Waals surface area contributed by atoms with Gasteiger partial charge in [0.15, 0.2) is 0 Å². The molecule has 0 radical (unpaired) electrons. The fraction of sp³-hybridized carbons (Fsp3) is 0.353. The van der Waals surface area contributed by atoms with Crippen molar-refractivity contribution < 1.29 is 14.7 Å². The summed E-state index contributed by atoms with van der Waals surface area (Å²) >= 11 is 0. The molecule has 6 nitrogen and oxygen atoms in total. The number of amides is 1. The van der Waals surface area contributed by atoms with E-state index in [1.807, 2.05) is 12.1 Å². The van der Waals surface area contributed by atoms with Crippen molar-refractivity contribution in [3.05, 3.63) is 45.9 Å². The van der Waals surface area contributed by atoms with Crippen LogP contribution in [0.5, 0.6) is 0 Å². The zero-order valence-electron chi connectivity index (χ0n) is 13.0. The Hall–Kier alpha value is -2.63. The average Bonchev–Trinajstić information content (AvgIpc) is 2.94. The number of benzene rings is 1. The standard InChI is InChI=1S/C17H18N2O4/c1-10-11-5-3-4-6-12(11)14(20)18-13(10)15(21)19-8-7-17(2,9-19)16(22)23/h3-6H,7-9H2,1-2H3,(H,18,20)(H,22,23). The summed E-state index contributed by atoms with van der Waals surface area (Å²) in [6, 6.07) is 7.12. The van der Waals surface area contributed by atoms with E-state index in [1.165, 1.54) is 4.90 Å². The van der Waals surface area contributed by atoms with Gasteiger partial charge in [-0.25, -0.2) is 0 Å². The Balaban J connectivity index is 2.01. The number of pyridine rings is 1. The lowest BCUT2D eigenvalue weighted by Gasteiger charge is -2.21. The number of fused-ring (bicyclic) bond motifs is 1. The molecule has 1 saturated heterocycles. The topological polar surface area (TPSA) is 90.5 Å². The number of H-pyrrole nitrogens is 1. The number of nitrogens with one attached hydrogen (secondary N) is 1. The van der Waals surface area contributed by atoms with Crippen LogP contribution < -0.4 is 5.56 Å². The molecule has 1 atom stereocenters. The van der Waals surface area contributed by atoms with Crippen molar-refractivity contribution in [3.8, 4) is 0 Å². The lowest BCUT2D eigenvalue weighted by molar-refractivity contribution is -0.147. The number of aliphatic carboxylic acids is 1. The first kappa shape index (κ1) is 15.3. The Morgan fingerprint density at radius 1 is 1.26 bits per heavy atom. The van der Waals surface area contributed by atoms with Gasteiger partial charge >= 0.3 is 5.97 Å². The van der Waals surface area contributed by atoms with Crippen molar-refractivity contribution in [1.29, 1.82) is 0 Å². The predicted molar refractivity (Wildman–Crippen MR) is 85.6 cm³/mol. The van der Waals surface area contributed by atoms with Crippen molar-refractivity contribution in [3.63, 3.8) is 0 Å². The summed E-state index contributed by atoms with van der Waals surface area (Å²) in [4.78, 5) is 40.4. The normalized spacial score (nSPS) is 20.9. The number of rotatable bonds is 2. The minimum Gasteiger partial charge on any atom is -0.481 e. The Bertz CT molecular complexity index is 871. The Morgan fingerprint density at radius 2 is 1.91 bits per heavy atom. The maximum Gasteiger partial charge on any atom is 0.311 e. The van der Waals surface area contributed by atoms with Crippen LogP contribution >= 0.6 is 0 Å². The molecule has 1 aliphatic heterocycles. The van der Waals surface area contributed by atoms with Crippen molar-refractivity contribution in [1.82, 2.24) is 9.88 Å². The SMILES string of the molecule is Cc1c(C(=O)N2CCC(C)(C(=O)O)C2)[nH]c(=O)c2ccccc12. The van der Waals surface area contributed by atoms with E-state index in [0.29, 0.717) is 23.9 Å². The monoisotopic (exact) mass is 314 g/mol. The molecule has 1 aliphatic rings. The van der Waals surface area contributed by atoms with Crippen LogP contribution in [0.25, 0.3) is 10.8 Å². The molecule has 1 amide bonds. The summed E-state index contributed by atoms with van der Waals surface area (Å²) in [5.74, 6) is -1.23. The molecule has 0 spiro atoms. The maximum atomic E-state index is 12.7. The van der Waals surface area contributed by atoms with Crippen LogP contribution in [0.15, 0.2) is 29.1 Å². The van der Waals surface area contributed by atoms with Gasteiger partial charge in [0.2, 0.25) is 0 Å². The molecule has 3 rings (SSSR count). The van der Waals surface area contributed by atoms with E-state index in [1.54, 1.807) is 26.0 Å². The number of carboxylic acids is 1. The minimum absolute atomic E-state index is 0.148. The second-order valence-electron chi connectivity index (χ2n) is 6.34. The van der Waals surface area contributed by atoms with E-state index < -0.39 is 11.4 Å². The molecule has 120 valence electrons. The van der Waals surface area contributed by atoms with Gasteiger partial charge in [-0.05, 0) is 37.3 Å². The number of aromatic amines is 1. The number of aromatic nitrogens is 1. The van der Waals surface area contributed by atoms with Gasteiger partial charge < -0.3 is 15.0 Å².